The minimum absolute atomic E-state index is 0.0913. The van der Waals surface area contributed by atoms with E-state index in [1.54, 1.807) is 18.2 Å². The van der Waals surface area contributed by atoms with Crippen molar-refractivity contribution >= 4 is 44.8 Å². The predicted molar refractivity (Wildman–Crippen MR) is 97.9 cm³/mol. The van der Waals surface area contributed by atoms with Gasteiger partial charge in [0.25, 0.3) is 5.91 Å². The van der Waals surface area contributed by atoms with Crippen molar-refractivity contribution in [1.82, 2.24) is 0 Å². The fraction of sp³-hybridized carbons (Fsp3) is 0.176. The number of benzene rings is 2. The van der Waals surface area contributed by atoms with Crippen LogP contribution < -0.4 is 10.6 Å². The van der Waals surface area contributed by atoms with E-state index in [-0.39, 0.29) is 22.0 Å². The number of nitrogens with one attached hydrogen (secondary N) is 2. The maximum absolute atomic E-state index is 12.4. The van der Waals surface area contributed by atoms with Crippen LogP contribution in [-0.4, -0.2) is 31.7 Å². The standard InChI is InChI=1S/C17H16N2O4S2/c1-10-16(20)19-14-9-11(3-8-15(14)24-10)17(21)18-12-4-6-13(7-5-12)25(2,22)23/h3-10H,1-2H3,(H,18,21)(H,19,20)/t10-/m0/s1. The third-order valence-electron chi connectivity index (χ3n) is 3.71. The Morgan fingerprint density at radius 2 is 1.84 bits per heavy atom. The molecule has 0 saturated heterocycles. The molecule has 0 aromatic heterocycles. The Kier molecular flexibility index (Phi) is 4.57. The number of fused-ring (bicyclic) bond motifs is 1. The van der Waals surface area contributed by atoms with Crippen molar-refractivity contribution in [2.45, 2.75) is 22.0 Å². The number of carbonyl (C=O) groups excluding carboxylic acids is 2. The average molecular weight is 376 g/mol. The van der Waals surface area contributed by atoms with Gasteiger partial charge in [0.05, 0.1) is 15.8 Å². The molecule has 0 radical (unpaired) electrons. The van der Waals surface area contributed by atoms with E-state index in [1.807, 2.05) is 6.92 Å². The second-order valence-corrected chi connectivity index (χ2v) is 9.11. The molecule has 0 saturated carbocycles. The number of carbonyl (C=O) groups is 2. The lowest BCUT2D eigenvalue weighted by Gasteiger charge is -2.21. The molecule has 2 amide bonds. The van der Waals surface area contributed by atoms with Crippen molar-refractivity contribution in [3.63, 3.8) is 0 Å². The summed E-state index contributed by atoms with van der Waals surface area (Å²) in [4.78, 5) is 25.2. The van der Waals surface area contributed by atoms with Crippen molar-refractivity contribution in [3.8, 4) is 0 Å². The monoisotopic (exact) mass is 376 g/mol. The Bertz CT molecular complexity index is 953. The summed E-state index contributed by atoms with van der Waals surface area (Å²) in [5.41, 5.74) is 1.51. The van der Waals surface area contributed by atoms with Crippen molar-refractivity contribution in [3.05, 3.63) is 48.0 Å². The van der Waals surface area contributed by atoms with Gasteiger partial charge in [0.1, 0.15) is 0 Å². The molecule has 6 nitrogen and oxygen atoms in total. The molecule has 2 aromatic carbocycles. The highest BCUT2D eigenvalue weighted by molar-refractivity contribution is 8.01. The molecule has 2 N–H and O–H groups in total. The Hall–Kier alpha value is -2.32. The van der Waals surface area contributed by atoms with E-state index >= 15 is 0 Å². The van der Waals surface area contributed by atoms with Gasteiger partial charge in [0.2, 0.25) is 5.91 Å². The Labute approximate surface area is 149 Å². The van der Waals surface area contributed by atoms with Crippen LogP contribution in [0.3, 0.4) is 0 Å². The fourth-order valence-corrected chi connectivity index (χ4v) is 3.90. The molecular formula is C17H16N2O4S2. The van der Waals surface area contributed by atoms with Crippen LogP contribution in [0.1, 0.15) is 17.3 Å². The first kappa shape index (κ1) is 17.5. The normalized spacial score (nSPS) is 16.7. The molecule has 0 fully saturated rings. The minimum atomic E-state index is -3.28. The van der Waals surface area contributed by atoms with Crippen LogP contribution in [0.5, 0.6) is 0 Å². The van der Waals surface area contributed by atoms with E-state index in [0.717, 1.165) is 11.2 Å². The Morgan fingerprint density at radius 1 is 1.16 bits per heavy atom. The van der Waals surface area contributed by atoms with Crippen LogP contribution in [0.2, 0.25) is 0 Å². The third kappa shape index (κ3) is 3.85. The van der Waals surface area contributed by atoms with Crippen LogP contribution >= 0.6 is 11.8 Å². The first-order chi connectivity index (χ1) is 11.7. The fourth-order valence-electron chi connectivity index (χ4n) is 2.34. The zero-order valence-corrected chi connectivity index (χ0v) is 15.2. The van der Waals surface area contributed by atoms with E-state index in [4.69, 9.17) is 0 Å². The van der Waals surface area contributed by atoms with Gasteiger partial charge in [-0.05, 0) is 49.4 Å². The summed E-state index contributed by atoms with van der Waals surface area (Å²) in [6.07, 6.45) is 1.13. The van der Waals surface area contributed by atoms with Gasteiger partial charge in [-0.3, -0.25) is 9.59 Å². The minimum Gasteiger partial charge on any atom is -0.324 e. The number of thioether (sulfide) groups is 1. The van der Waals surface area contributed by atoms with Crippen molar-refractivity contribution < 1.29 is 18.0 Å². The highest BCUT2D eigenvalue weighted by Crippen LogP contribution is 2.36. The molecule has 0 aliphatic carbocycles. The van der Waals surface area contributed by atoms with Crippen LogP contribution in [0.4, 0.5) is 11.4 Å². The highest BCUT2D eigenvalue weighted by atomic mass is 32.2. The Balaban J connectivity index is 1.78. The van der Waals surface area contributed by atoms with Crippen molar-refractivity contribution in [2.24, 2.45) is 0 Å². The van der Waals surface area contributed by atoms with Crippen LogP contribution in [0.15, 0.2) is 52.3 Å². The first-order valence-electron chi connectivity index (χ1n) is 7.47. The number of rotatable bonds is 3. The third-order valence-corrected chi connectivity index (χ3v) is 6.02. The van der Waals surface area contributed by atoms with Gasteiger partial charge >= 0.3 is 0 Å². The average Bonchev–Trinajstić information content (AvgIpc) is 2.55. The second-order valence-electron chi connectivity index (χ2n) is 5.71. The highest BCUT2D eigenvalue weighted by Gasteiger charge is 2.23. The predicted octanol–water partition coefficient (Wildman–Crippen LogP) is 2.78. The molecule has 25 heavy (non-hydrogen) atoms. The molecule has 130 valence electrons. The maximum Gasteiger partial charge on any atom is 0.255 e. The van der Waals surface area contributed by atoms with Crippen molar-refractivity contribution in [2.75, 3.05) is 16.9 Å². The van der Waals surface area contributed by atoms with Crippen LogP contribution in [0, 0.1) is 0 Å². The maximum atomic E-state index is 12.4. The van der Waals surface area contributed by atoms with E-state index in [9.17, 15) is 18.0 Å². The van der Waals surface area contributed by atoms with E-state index in [2.05, 4.69) is 10.6 Å². The smallest absolute Gasteiger partial charge is 0.255 e. The van der Waals surface area contributed by atoms with E-state index < -0.39 is 9.84 Å². The van der Waals surface area contributed by atoms with Gasteiger partial charge in [0.15, 0.2) is 9.84 Å². The molecule has 2 aromatic rings. The lowest BCUT2D eigenvalue weighted by Crippen LogP contribution is -2.26. The number of hydrogen-bond donors (Lipinski definition) is 2. The number of amides is 2. The summed E-state index contributed by atoms with van der Waals surface area (Å²) in [6, 6.07) is 11.1. The summed E-state index contributed by atoms with van der Waals surface area (Å²) < 4.78 is 22.9. The molecule has 1 atom stereocenters. The van der Waals surface area contributed by atoms with Crippen molar-refractivity contribution in [1.29, 1.82) is 0 Å². The quantitative estimate of drug-likeness (QED) is 0.859. The zero-order valence-electron chi connectivity index (χ0n) is 13.6. The molecule has 1 aliphatic heterocycles. The van der Waals surface area contributed by atoms with E-state index in [1.165, 1.54) is 36.0 Å². The SMILES string of the molecule is C[C@@H]1Sc2ccc(C(=O)Nc3ccc(S(C)(=O)=O)cc3)cc2NC1=O. The van der Waals surface area contributed by atoms with Gasteiger partial charge in [-0.2, -0.15) is 0 Å². The topological polar surface area (TPSA) is 92.3 Å². The molecule has 0 bridgehead atoms. The van der Waals surface area contributed by atoms with Crippen LogP contribution in [0.25, 0.3) is 0 Å². The van der Waals surface area contributed by atoms with Gasteiger partial charge in [-0.15, -0.1) is 11.8 Å². The second kappa shape index (κ2) is 6.53. The van der Waals surface area contributed by atoms with E-state index in [0.29, 0.717) is 16.9 Å². The molecule has 1 heterocycles. The summed E-state index contributed by atoms with van der Waals surface area (Å²) in [5.74, 6) is -0.431. The molecule has 0 unspecified atom stereocenters. The van der Waals surface area contributed by atoms with Gasteiger partial charge in [-0.25, -0.2) is 8.42 Å². The molecule has 1 aliphatic rings. The van der Waals surface area contributed by atoms with Crippen LogP contribution in [-0.2, 0) is 14.6 Å². The summed E-state index contributed by atoms with van der Waals surface area (Å²) in [5, 5.41) is 5.33. The summed E-state index contributed by atoms with van der Waals surface area (Å²) in [6.45, 7) is 1.82. The molecule has 8 heteroatoms. The van der Waals surface area contributed by atoms with Gasteiger partial charge in [0, 0.05) is 22.4 Å². The largest absolute Gasteiger partial charge is 0.324 e. The summed E-state index contributed by atoms with van der Waals surface area (Å²) >= 11 is 1.45. The zero-order chi connectivity index (χ0) is 18.2. The summed E-state index contributed by atoms with van der Waals surface area (Å²) in [7, 11) is -3.28. The number of sulfone groups is 1. The van der Waals surface area contributed by atoms with Gasteiger partial charge in [-0.1, -0.05) is 0 Å². The van der Waals surface area contributed by atoms with Gasteiger partial charge < -0.3 is 10.6 Å². The molecule has 0 spiro atoms. The lowest BCUT2D eigenvalue weighted by molar-refractivity contribution is -0.115. The number of anilines is 2. The Morgan fingerprint density at radius 3 is 2.48 bits per heavy atom. The molecular weight excluding hydrogens is 360 g/mol. The number of hydrogen-bond acceptors (Lipinski definition) is 5. The first-order valence-corrected chi connectivity index (χ1v) is 10.2. The molecule has 3 rings (SSSR count). The lowest BCUT2D eigenvalue weighted by atomic mass is 10.1.